The summed E-state index contributed by atoms with van der Waals surface area (Å²) in [6.07, 6.45) is -0.389. The van der Waals surface area contributed by atoms with Crippen LogP contribution in [0.4, 0.5) is 0 Å². The van der Waals surface area contributed by atoms with E-state index in [2.05, 4.69) is 26.5 Å². The maximum Gasteiger partial charge on any atom is 0.365 e. The average Bonchev–Trinajstić information content (AvgIpc) is 3.60. The highest BCUT2D eigenvalue weighted by atomic mass is 16.7. The zero-order valence-corrected chi connectivity index (χ0v) is 24.8. The molecule has 0 aliphatic rings. The lowest BCUT2D eigenvalue weighted by Gasteiger charge is -2.16. The van der Waals surface area contributed by atoms with Crippen LogP contribution < -0.4 is 20.1 Å². The highest BCUT2D eigenvalue weighted by molar-refractivity contribution is 6.11. The summed E-state index contributed by atoms with van der Waals surface area (Å²) < 4.78 is 26.1. The van der Waals surface area contributed by atoms with Gasteiger partial charge < -0.3 is 28.0 Å². The number of ether oxygens (including phenoxy) is 3. The van der Waals surface area contributed by atoms with Crippen molar-refractivity contribution in [2.45, 2.75) is 39.5 Å². The molecular formula is C35H33N3O6. The van der Waals surface area contributed by atoms with E-state index in [-0.39, 0.29) is 6.61 Å². The predicted octanol–water partition coefficient (Wildman–Crippen LogP) is 6.97. The van der Waals surface area contributed by atoms with Crippen LogP contribution in [0, 0.1) is 6.92 Å². The first kappa shape index (κ1) is 28.8. The van der Waals surface area contributed by atoms with Gasteiger partial charge >= 0.3 is 5.97 Å². The number of fused-ring (bicyclic) bond motifs is 3. The van der Waals surface area contributed by atoms with Crippen LogP contribution in [-0.2, 0) is 22.8 Å². The summed E-state index contributed by atoms with van der Waals surface area (Å²) >= 11 is 0. The van der Waals surface area contributed by atoms with Crippen molar-refractivity contribution in [2.75, 3.05) is 7.11 Å². The second-order valence-corrected chi connectivity index (χ2v) is 10.4. The van der Waals surface area contributed by atoms with Crippen molar-refractivity contribution in [1.29, 1.82) is 0 Å². The molecule has 1 atom stereocenters. The monoisotopic (exact) mass is 591 g/mol. The summed E-state index contributed by atoms with van der Waals surface area (Å²) in [5.41, 5.74) is 4.65. The number of hydrogen-bond acceptors (Lipinski definition) is 8. The van der Waals surface area contributed by atoms with Gasteiger partial charge in [0.15, 0.2) is 17.6 Å². The highest BCUT2D eigenvalue weighted by Gasteiger charge is 2.23. The SMILES string of the molecule is CC[C@@H](Oc1cccc2c1c1ccccc1n2Cc1ccc(OCc2nc(-c3ccccc3)oc2C)c(OC)c1)C(=O)ON. The van der Waals surface area contributed by atoms with E-state index in [1.807, 2.05) is 92.7 Å². The molecule has 6 rings (SSSR count). The number of aryl methyl sites for hydroxylation is 1. The molecule has 9 heteroatoms. The van der Waals surface area contributed by atoms with E-state index in [1.165, 1.54) is 0 Å². The predicted molar refractivity (Wildman–Crippen MR) is 168 cm³/mol. The van der Waals surface area contributed by atoms with Gasteiger partial charge in [-0.3, -0.25) is 0 Å². The van der Waals surface area contributed by atoms with Crippen molar-refractivity contribution in [1.82, 2.24) is 9.55 Å². The summed E-state index contributed by atoms with van der Waals surface area (Å²) in [7, 11) is 1.63. The van der Waals surface area contributed by atoms with Crippen LogP contribution in [0.5, 0.6) is 17.2 Å². The molecule has 6 aromatic rings. The van der Waals surface area contributed by atoms with Gasteiger partial charge in [0.1, 0.15) is 23.8 Å². The van der Waals surface area contributed by atoms with Gasteiger partial charge in [0.2, 0.25) is 5.89 Å². The molecule has 0 aliphatic heterocycles. The normalized spacial score (nSPS) is 11.9. The molecule has 9 nitrogen and oxygen atoms in total. The Kier molecular flexibility index (Phi) is 8.21. The maximum absolute atomic E-state index is 12.2. The standard InChI is InChI=1S/C35H33N3O6/c1-4-29(35(39)44-36)43-31-16-10-15-28-33(31)25-13-8-9-14-27(25)38(28)20-23-17-18-30(32(19-23)40-3)41-21-26-22(2)42-34(37-26)24-11-6-5-7-12-24/h5-19,29H,4,20-21,36H2,1-3H3/t29-/m1/s1. The van der Waals surface area contributed by atoms with Crippen molar-refractivity contribution in [3.05, 3.63) is 108 Å². The lowest BCUT2D eigenvalue weighted by Crippen LogP contribution is -2.30. The molecule has 44 heavy (non-hydrogen) atoms. The zero-order chi connectivity index (χ0) is 30.6. The summed E-state index contributed by atoms with van der Waals surface area (Å²) in [4.78, 5) is 21.3. The van der Waals surface area contributed by atoms with E-state index in [0.717, 1.165) is 38.6 Å². The van der Waals surface area contributed by atoms with E-state index >= 15 is 0 Å². The Bertz CT molecular complexity index is 1930. The smallest absolute Gasteiger partial charge is 0.365 e. The average molecular weight is 592 g/mol. The number of oxazole rings is 1. The lowest BCUT2D eigenvalue weighted by atomic mass is 10.1. The molecule has 224 valence electrons. The van der Waals surface area contributed by atoms with Gasteiger partial charge in [0.25, 0.3) is 0 Å². The van der Waals surface area contributed by atoms with Crippen LogP contribution in [0.2, 0.25) is 0 Å². The number of carbonyl (C=O) groups excluding carboxylic acids is 1. The fourth-order valence-corrected chi connectivity index (χ4v) is 5.39. The Balaban J connectivity index is 1.28. The Morgan fingerprint density at radius 2 is 1.70 bits per heavy atom. The Morgan fingerprint density at radius 1 is 0.932 bits per heavy atom. The fourth-order valence-electron chi connectivity index (χ4n) is 5.39. The number of aromatic nitrogens is 2. The molecule has 0 fully saturated rings. The molecule has 0 radical (unpaired) electrons. The third-order valence-corrected chi connectivity index (χ3v) is 7.62. The molecule has 0 saturated heterocycles. The van der Waals surface area contributed by atoms with Gasteiger partial charge in [-0.05, 0) is 61.4 Å². The third-order valence-electron chi connectivity index (χ3n) is 7.62. The van der Waals surface area contributed by atoms with Gasteiger partial charge in [-0.2, -0.15) is 5.90 Å². The second-order valence-electron chi connectivity index (χ2n) is 10.4. The number of nitrogens with two attached hydrogens (primary N) is 1. The maximum atomic E-state index is 12.2. The number of para-hydroxylation sites is 1. The summed E-state index contributed by atoms with van der Waals surface area (Å²) in [6.45, 7) is 4.53. The van der Waals surface area contributed by atoms with Crippen LogP contribution in [-0.4, -0.2) is 28.7 Å². The molecule has 0 aliphatic carbocycles. The zero-order valence-electron chi connectivity index (χ0n) is 24.8. The summed E-state index contributed by atoms with van der Waals surface area (Å²) in [5, 5.41) is 1.93. The van der Waals surface area contributed by atoms with Crippen LogP contribution in [0.15, 0.2) is 95.4 Å². The minimum absolute atomic E-state index is 0.240. The Morgan fingerprint density at radius 3 is 2.48 bits per heavy atom. The molecule has 0 amide bonds. The third kappa shape index (κ3) is 5.57. The van der Waals surface area contributed by atoms with Crippen LogP contribution in [0.25, 0.3) is 33.3 Å². The molecule has 0 bridgehead atoms. The van der Waals surface area contributed by atoms with Crippen LogP contribution >= 0.6 is 0 Å². The molecule has 0 unspecified atom stereocenters. The van der Waals surface area contributed by atoms with E-state index in [9.17, 15) is 4.79 Å². The van der Waals surface area contributed by atoms with Crippen molar-refractivity contribution >= 4 is 27.8 Å². The van der Waals surface area contributed by atoms with Gasteiger partial charge in [-0.1, -0.05) is 55.5 Å². The largest absolute Gasteiger partial charge is 0.493 e. The topological polar surface area (TPSA) is 111 Å². The number of rotatable bonds is 11. The van der Waals surface area contributed by atoms with E-state index in [0.29, 0.717) is 41.9 Å². The number of nitrogens with zero attached hydrogens (tertiary/aromatic N) is 2. The molecular weight excluding hydrogens is 558 g/mol. The van der Waals surface area contributed by atoms with E-state index in [4.69, 9.17) is 24.5 Å². The first-order valence-corrected chi connectivity index (χ1v) is 14.4. The number of hydrogen-bond donors (Lipinski definition) is 1. The molecule has 2 heterocycles. The minimum atomic E-state index is -0.810. The number of methoxy groups -OCH3 is 1. The number of carbonyl (C=O) groups is 1. The van der Waals surface area contributed by atoms with Crippen molar-refractivity contribution in [3.63, 3.8) is 0 Å². The van der Waals surface area contributed by atoms with Crippen LogP contribution in [0.3, 0.4) is 0 Å². The van der Waals surface area contributed by atoms with E-state index < -0.39 is 12.1 Å². The lowest BCUT2D eigenvalue weighted by molar-refractivity contribution is -0.152. The number of benzene rings is 4. The van der Waals surface area contributed by atoms with Crippen molar-refractivity contribution in [3.8, 4) is 28.7 Å². The summed E-state index contributed by atoms with van der Waals surface area (Å²) in [6, 6.07) is 29.6. The first-order chi connectivity index (χ1) is 21.5. The molecule has 0 spiro atoms. The molecule has 0 saturated carbocycles. The van der Waals surface area contributed by atoms with Gasteiger partial charge in [0, 0.05) is 28.4 Å². The second kappa shape index (κ2) is 12.5. The van der Waals surface area contributed by atoms with Crippen molar-refractivity contribution in [2.24, 2.45) is 5.90 Å². The Labute approximate surface area is 254 Å². The Hall–Kier alpha value is -5.28. The van der Waals surface area contributed by atoms with Crippen LogP contribution in [0.1, 0.15) is 30.4 Å². The molecule has 2 aromatic heterocycles. The van der Waals surface area contributed by atoms with Crippen molar-refractivity contribution < 1.29 is 28.3 Å². The highest BCUT2D eigenvalue weighted by Crippen LogP contribution is 2.38. The molecule has 4 aromatic carbocycles. The molecule has 2 N–H and O–H groups in total. The quantitative estimate of drug-likeness (QED) is 0.161. The van der Waals surface area contributed by atoms with Gasteiger partial charge in [-0.25, -0.2) is 9.78 Å². The summed E-state index contributed by atoms with van der Waals surface area (Å²) in [5.74, 6) is 7.62. The van der Waals surface area contributed by atoms with Gasteiger partial charge in [-0.15, -0.1) is 0 Å². The van der Waals surface area contributed by atoms with E-state index in [1.54, 1.807) is 7.11 Å². The minimum Gasteiger partial charge on any atom is -0.493 e. The van der Waals surface area contributed by atoms with Gasteiger partial charge in [0.05, 0.1) is 12.6 Å². The first-order valence-electron chi connectivity index (χ1n) is 14.4. The fraction of sp³-hybridized carbons (Fsp3) is 0.200.